The first-order valence-electron chi connectivity index (χ1n) is 4.07. The highest BCUT2D eigenvalue weighted by molar-refractivity contribution is 5.17. The lowest BCUT2D eigenvalue weighted by Gasteiger charge is -2.02. The summed E-state index contributed by atoms with van der Waals surface area (Å²) in [6.07, 6.45) is 2.88. The second-order valence-corrected chi connectivity index (χ2v) is 2.49. The second kappa shape index (κ2) is 3.53. The Morgan fingerprint density at radius 2 is 2.27 bits per heavy atom. The summed E-state index contributed by atoms with van der Waals surface area (Å²) in [5.74, 6) is 0. The zero-order valence-electron chi connectivity index (χ0n) is 7.17. The molecule has 0 unspecified atom stereocenters. The highest BCUT2D eigenvalue weighted by atomic mass is 15.3. The zero-order valence-corrected chi connectivity index (χ0v) is 7.17. The predicted octanol–water partition coefficient (Wildman–Crippen LogP) is 0.924. The maximum atomic E-state index is 5.54. The van der Waals surface area contributed by atoms with Crippen molar-refractivity contribution in [2.45, 2.75) is 33.4 Å². The average Bonchev–Trinajstić information content (AvgIpc) is 2.45. The van der Waals surface area contributed by atoms with E-state index in [4.69, 9.17) is 5.73 Å². The Balaban J connectivity index is 2.99. The zero-order chi connectivity index (χ0) is 8.27. The van der Waals surface area contributed by atoms with E-state index in [1.165, 1.54) is 11.3 Å². The number of aryl methyl sites for hydroxylation is 1. The first-order valence-corrected chi connectivity index (χ1v) is 4.07. The smallest absolute Gasteiger partial charge is 0.0537 e. The van der Waals surface area contributed by atoms with Gasteiger partial charge in [0.25, 0.3) is 0 Å². The summed E-state index contributed by atoms with van der Waals surface area (Å²) in [4.78, 5) is 0. The normalized spacial score (nSPS) is 10.5. The van der Waals surface area contributed by atoms with Crippen LogP contribution in [0.3, 0.4) is 0 Å². The molecule has 1 heterocycles. The van der Waals surface area contributed by atoms with Crippen LogP contribution in [0.5, 0.6) is 0 Å². The molecule has 0 spiro atoms. The van der Waals surface area contributed by atoms with Crippen molar-refractivity contribution in [3.8, 4) is 0 Å². The number of hydrogen-bond acceptors (Lipinski definition) is 2. The van der Waals surface area contributed by atoms with Gasteiger partial charge < -0.3 is 5.73 Å². The van der Waals surface area contributed by atoms with Gasteiger partial charge in [-0.05, 0) is 13.3 Å². The third kappa shape index (κ3) is 1.43. The molecule has 62 valence electrons. The van der Waals surface area contributed by atoms with Crippen LogP contribution >= 0.6 is 0 Å². The molecule has 0 radical (unpaired) electrons. The Labute approximate surface area is 67.2 Å². The van der Waals surface area contributed by atoms with E-state index in [1.54, 1.807) is 0 Å². The molecule has 0 aliphatic carbocycles. The summed E-state index contributed by atoms with van der Waals surface area (Å²) < 4.78 is 2.00. The molecule has 0 saturated carbocycles. The van der Waals surface area contributed by atoms with Crippen molar-refractivity contribution >= 4 is 0 Å². The van der Waals surface area contributed by atoms with E-state index >= 15 is 0 Å². The number of hydrogen-bond donors (Lipinski definition) is 1. The largest absolute Gasteiger partial charge is 0.326 e. The highest BCUT2D eigenvalue weighted by Gasteiger charge is 2.04. The van der Waals surface area contributed by atoms with Gasteiger partial charge in [-0.25, -0.2) is 0 Å². The first-order chi connectivity index (χ1) is 5.33. The minimum atomic E-state index is 0.600. The molecular weight excluding hydrogens is 138 g/mol. The fraction of sp³-hybridized carbons (Fsp3) is 0.625. The molecule has 0 fully saturated rings. The van der Waals surface area contributed by atoms with Crippen LogP contribution in [0, 0.1) is 0 Å². The number of nitrogens with zero attached hydrogens (tertiary/aromatic N) is 2. The molecule has 2 N–H and O–H groups in total. The van der Waals surface area contributed by atoms with E-state index in [-0.39, 0.29) is 0 Å². The van der Waals surface area contributed by atoms with Crippen LogP contribution in [0.15, 0.2) is 6.20 Å². The highest BCUT2D eigenvalue weighted by Crippen LogP contribution is 2.07. The van der Waals surface area contributed by atoms with Crippen molar-refractivity contribution in [2.75, 3.05) is 0 Å². The van der Waals surface area contributed by atoms with Crippen molar-refractivity contribution in [3.63, 3.8) is 0 Å². The van der Waals surface area contributed by atoms with Crippen LogP contribution < -0.4 is 5.73 Å². The summed E-state index contributed by atoms with van der Waals surface area (Å²) in [6, 6.07) is 0. The van der Waals surface area contributed by atoms with Crippen molar-refractivity contribution in [2.24, 2.45) is 5.73 Å². The van der Waals surface area contributed by atoms with Crippen molar-refractivity contribution in [3.05, 3.63) is 17.5 Å². The molecule has 3 nitrogen and oxygen atoms in total. The molecule has 11 heavy (non-hydrogen) atoms. The third-order valence-electron chi connectivity index (χ3n) is 1.89. The Hall–Kier alpha value is -0.830. The van der Waals surface area contributed by atoms with E-state index < -0.39 is 0 Å². The van der Waals surface area contributed by atoms with E-state index in [9.17, 15) is 0 Å². The monoisotopic (exact) mass is 153 g/mol. The molecule has 3 heteroatoms. The summed E-state index contributed by atoms with van der Waals surface area (Å²) in [5.41, 5.74) is 7.99. The van der Waals surface area contributed by atoms with E-state index in [0.29, 0.717) is 6.54 Å². The van der Waals surface area contributed by atoms with Gasteiger partial charge in [0.05, 0.1) is 6.20 Å². The maximum Gasteiger partial charge on any atom is 0.0537 e. The Morgan fingerprint density at radius 1 is 1.55 bits per heavy atom. The predicted molar refractivity (Wildman–Crippen MR) is 45.2 cm³/mol. The number of nitrogens with two attached hydrogens (primary N) is 1. The molecule has 0 amide bonds. The fourth-order valence-corrected chi connectivity index (χ4v) is 1.30. The first kappa shape index (κ1) is 8.27. The van der Waals surface area contributed by atoms with Crippen LogP contribution in [0.25, 0.3) is 0 Å². The van der Waals surface area contributed by atoms with Crippen LogP contribution in [0.4, 0.5) is 0 Å². The molecule has 0 aromatic carbocycles. The topological polar surface area (TPSA) is 43.8 Å². The second-order valence-electron chi connectivity index (χ2n) is 2.49. The van der Waals surface area contributed by atoms with Gasteiger partial charge in [0.2, 0.25) is 0 Å². The molecule has 0 bridgehead atoms. The molecule has 0 aliphatic rings. The van der Waals surface area contributed by atoms with Gasteiger partial charge in [0.1, 0.15) is 0 Å². The molecular formula is C8H15N3. The lowest BCUT2D eigenvalue weighted by atomic mass is 10.2. The average molecular weight is 153 g/mol. The van der Waals surface area contributed by atoms with Crippen molar-refractivity contribution < 1.29 is 0 Å². The van der Waals surface area contributed by atoms with Crippen molar-refractivity contribution in [1.29, 1.82) is 0 Å². The minimum Gasteiger partial charge on any atom is -0.326 e. The van der Waals surface area contributed by atoms with Crippen molar-refractivity contribution in [1.82, 2.24) is 9.78 Å². The van der Waals surface area contributed by atoms with Gasteiger partial charge in [-0.1, -0.05) is 6.92 Å². The van der Waals surface area contributed by atoms with E-state index in [2.05, 4.69) is 18.9 Å². The SMILES string of the molecule is CCc1c(CN)cnn1CC. The van der Waals surface area contributed by atoms with Crippen LogP contribution in [-0.2, 0) is 19.5 Å². The summed E-state index contributed by atoms with van der Waals surface area (Å²) in [7, 11) is 0. The van der Waals surface area contributed by atoms with E-state index in [0.717, 1.165) is 13.0 Å². The Morgan fingerprint density at radius 3 is 2.73 bits per heavy atom. The van der Waals surface area contributed by atoms with E-state index in [1.807, 2.05) is 10.9 Å². The van der Waals surface area contributed by atoms with Gasteiger partial charge in [0, 0.05) is 24.3 Å². The molecule has 1 rings (SSSR count). The molecule has 1 aromatic heterocycles. The summed E-state index contributed by atoms with van der Waals surface area (Å²) in [5, 5.41) is 4.21. The van der Waals surface area contributed by atoms with Gasteiger partial charge in [-0.3, -0.25) is 4.68 Å². The van der Waals surface area contributed by atoms with Crippen LogP contribution in [-0.4, -0.2) is 9.78 Å². The number of aromatic nitrogens is 2. The number of rotatable bonds is 3. The molecule has 1 aromatic rings. The Bertz CT molecular complexity index is 206. The van der Waals surface area contributed by atoms with Crippen LogP contribution in [0.1, 0.15) is 25.1 Å². The lowest BCUT2D eigenvalue weighted by molar-refractivity contribution is 0.624. The van der Waals surface area contributed by atoms with Gasteiger partial charge in [-0.2, -0.15) is 5.10 Å². The quantitative estimate of drug-likeness (QED) is 0.702. The maximum absolute atomic E-state index is 5.54. The van der Waals surface area contributed by atoms with Gasteiger partial charge >= 0.3 is 0 Å². The fourth-order valence-electron chi connectivity index (χ4n) is 1.30. The standard InChI is InChI=1S/C8H15N3/c1-3-8-7(5-9)6-10-11(8)4-2/h6H,3-5,9H2,1-2H3. The minimum absolute atomic E-state index is 0.600. The molecule has 0 saturated heterocycles. The van der Waals surface area contributed by atoms with Gasteiger partial charge in [-0.15, -0.1) is 0 Å². The summed E-state index contributed by atoms with van der Waals surface area (Å²) in [6.45, 7) is 5.75. The third-order valence-corrected chi connectivity index (χ3v) is 1.89. The Kier molecular flexibility index (Phi) is 2.65. The lowest BCUT2D eigenvalue weighted by Crippen LogP contribution is -2.05. The van der Waals surface area contributed by atoms with Gasteiger partial charge in [0.15, 0.2) is 0 Å². The van der Waals surface area contributed by atoms with Crippen LogP contribution in [0.2, 0.25) is 0 Å². The molecule has 0 aliphatic heterocycles. The molecule has 0 atom stereocenters. The summed E-state index contributed by atoms with van der Waals surface area (Å²) >= 11 is 0.